The van der Waals surface area contributed by atoms with Gasteiger partial charge in [-0.15, -0.1) is 0 Å². The molecule has 0 saturated heterocycles. The first-order valence-electron chi connectivity index (χ1n) is 5.57. The minimum absolute atomic E-state index is 0.740. The summed E-state index contributed by atoms with van der Waals surface area (Å²) in [6, 6.07) is 16.1. The monoisotopic (exact) mass is 222 g/mol. The fourth-order valence-electron chi connectivity index (χ4n) is 2.32. The zero-order valence-electron chi connectivity index (χ0n) is 9.55. The first kappa shape index (κ1) is 9.97. The highest BCUT2D eigenvalue weighted by Crippen LogP contribution is 2.19. The number of aryl methyl sites for hydroxylation is 1. The van der Waals surface area contributed by atoms with Gasteiger partial charge in [-0.25, -0.2) is 0 Å². The maximum atomic E-state index is 11.1. The summed E-state index contributed by atoms with van der Waals surface area (Å²) < 4.78 is 2.12. The first-order valence-corrected chi connectivity index (χ1v) is 5.57. The number of fused-ring (bicyclic) bond motifs is 2. The number of hydrogen-bond donors (Lipinski definition) is 0. The van der Waals surface area contributed by atoms with Crippen molar-refractivity contribution in [1.82, 2.24) is 0 Å². The molecule has 1 heterocycles. The number of carbonyl (C=O) groups excluding carboxylic acids is 1. The minimum atomic E-state index is 0.740. The van der Waals surface area contributed by atoms with Gasteiger partial charge in [-0.1, -0.05) is 24.3 Å². The lowest BCUT2D eigenvalue weighted by Crippen LogP contribution is -2.30. The fourth-order valence-corrected chi connectivity index (χ4v) is 2.32. The fraction of sp³-hybridized carbons (Fsp3) is 0.0667. The molecule has 0 aliphatic rings. The number of rotatable bonds is 1. The van der Waals surface area contributed by atoms with E-state index in [9.17, 15) is 4.79 Å². The molecule has 0 N–H and O–H groups in total. The predicted octanol–water partition coefficient (Wildman–Crippen LogP) is 2.63. The Bertz CT molecular complexity index is 731. The van der Waals surface area contributed by atoms with Crippen LogP contribution >= 0.6 is 0 Å². The number of aldehydes is 1. The molecule has 0 bridgehead atoms. The molecule has 0 spiro atoms. The Balaban J connectivity index is 2.59. The second-order valence-corrected chi connectivity index (χ2v) is 4.16. The highest BCUT2D eigenvalue weighted by molar-refractivity contribution is 5.99. The molecular formula is C15H12NO+. The van der Waals surface area contributed by atoms with Crippen molar-refractivity contribution in [1.29, 1.82) is 0 Å². The normalized spacial score (nSPS) is 10.9. The second kappa shape index (κ2) is 3.67. The van der Waals surface area contributed by atoms with Crippen LogP contribution in [-0.2, 0) is 7.05 Å². The molecule has 17 heavy (non-hydrogen) atoms. The Morgan fingerprint density at radius 1 is 1.00 bits per heavy atom. The Labute approximate surface area is 99.1 Å². The summed E-state index contributed by atoms with van der Waals surface area (Å²) in [5.74, 6) is 0. The average molecular weight is 222 g/mol. The van der Waals surface area contributed by atoms with Crippen LogP contribution in [0.2, 0.25) is 0 Å². The SMILES string of the molecule is C[n+]1c2ccccc2cc2c(C=O)cccc21. The van der Waals surface area contributed by atoms with Gasteiger partial charge in [-0.05, 0) is 12.1 Å². The minimum Gasteiger partial charge on any atom is -0.298 e. The molecular weight excluding hydrogens is 210 g/mol. The van der Waals surface area contributed by atoms with Crippen LogP contribution < -0.4 is 4.57 Å². The highest BCUT2D eigenvalue weighted by Gasteiger charge is 2.12. The quantitative estimate of drug-likeness (QED) is 0.352. The van der Waals surface area contributed by atoms with Crippen molar-refractivity contribution in [2.75, 3.05) is 0 Å². The summed E-state index contributed by atoms with van der Waals surface area (Å²) in [7, 11) is 2.03. The molecule has 0 fully saturated rings. The lowest BCUT2D eigenvalue weighted by molar-refractivity contribution is -0.617. The van der Waals surface area contributed by atoms with Crippen LogP contribution in [0.5, 0.6) is 0 Å². The van der Waals surface area contributed by atoms with E-state index in [4.69, 9.17) is 0 Å². The highest BCUT2D eigenvalue weighted by atomic mass is 16.1. The average Bonchev–Trinajstić information content (AvgIpc) is 2.38. The Morgan fingerprint density at radius 2 is 1.76 bits per heavy atom. The van der Waals surface area contributed by atoms with Crippen LogP contribution in [0.15, 0.2) is 48.5 Å². The zero-order chi connectivity index (χ0) is 11.8. The summed E-state index contributed by atoms with van der Waals surface area (Å²) >= 11 is 0. The van der Waals surface area contributed by atoms with Crippen molar-refractivity contribution in [3.8, 4) is 0 Å². The van der Waals surface area contributed by atoms with Gasteiger partial charge in [0.2, 0.25) is 11.0 Å². The van der Waals surface area contributed by atoms with Crippen LogP contribution in [0.1, 0.15) is 10.4 Å². The summed E-state index contributed by atoms with van der Waals surface area (Å²) in [6.07, 6.45) is 0.914. The van der Waals surface area contributed by atoms with Crippen molar-refractivity contribution in [2.24, 2.45) is 7.05 Å². The summed E-state index contributed by atoms with van der Waals surface area (Å²) in [4.78, 5) is 11.1. The lowest BCUT2D eigenvalue weighted by atomic mass is 10.1. The molecule has 0 aliphatic heterocycles. The van der Waals surface area contributed by atoms with Crippen LogP contribution in [0.25, 0.3) is 21.8 Å². The molecule has 3 rings (SSSR count). The van der Waals surface area contributed by atoms with E-state index in [2.05, 4.69) is 22.8 Å². The smallest absolute Gasteiger partial charge is 0.213 e. The van der Waals surface area contributed by atoms with Gasteiger partial charge < -0.3 is 0 Å². The van der Waals surface area contributed by atoms with E-state index in [-0.39, 0.29) is 0 Å². The number of hydrogen-bond acceptors (Lipinski definition) is 1. The molecule has 0 unspecified atom stereocenters. The Morgan fingerprint density at radius 3 is 2.59 bits per heavy atom. The van der Waals surface area contributed by atoms with Crippen molar-refractivity contribution in [2.45, 2.75) is 0 Å². The van der Waals surface area contributed by atoms with E-state index in [1.165, 1.54) is 5.52 Å². The van der Waals surface area contributed by atoms with E-state index < -0.39 is 0 Å². The van der Waals surface area contributed by atoms with E-state index in [0.717, 1.165) is 28.1 Å². The van der Waals surface area contributed by atoms with Crippen molar-refractivity contribution < 1.29 is 9.36 Å². The van der Waals surface area contributed by atoms with Gasteiger partial charge >= 0.3 is 0 Å². The molecule has 0 aliphatic carbocycles. The first-order chi connectivity index (χ1) is 8.31. The van der Waals surface area contributed by atoms with Gasteiger partial charge in [0.15, 0.2) is 6.29 Å². The van der Waals surface area contributed by atoms with Crippen LogP contribution in [0, 0.1) is 0 Å². The molecule has 0 saturated carbocycles. The molecule has 0 amide bonds. The summed E-state index contributed by atoms with van der Waals surface area (Å²) in [5.41, 5.74) is 2.99. The van der Waals surface area contributed by atoms with Gasteiger partial charge in [-0.2, -0.15) is 4.57 Å². The molecule has 2 heteroatoms. The van der Waals surface area contributed by atoms with E-state index in [1.807, 2.05) is 37.4 Å². The third-order valence-electron chi connectivity index (χ3n) is 3.20. The standard InChI is InChI=1S/C15H12NO/c1-16-14-7-3-2-5-11(14)9-13-12(10-17)6-4-8-15(13)16/h2-10H,1H3/q+1. The number of aromatic nitrogens is 1. The van der Waals surface area contributed by atoms with Gasteiger partial charge in [0.25, 0.3) is 0 Å². The number of nitrogens with zero attached hydrogens (tertiary/aromatic N) is 1. The van der Waals surface area contributed by atoms with E-state index in [1.54, 1.807) is 0 Å². The topological polar surface area (TPSA) is 20.9 Å². The number of benzene rings is 2. The van der Waals surface area contributed by atoms with Gasteiger partial charge in [0.05, 0.1) is 5.39 Å². The molecule has 3 aromatic rings. The zero-order valence-corrected chi connectivity index (χ0v) is 9.55. The summed E-state index contributed by atoms with van der Waals surface area (Å²) in [6.45, 7) is 0. The van der Waals surface area contributed by atoms with Crippen LogP contribution in [0.3, 0.4) is 0 Å². The van der Waals surface area contributed by atoms with Gasteiger partial charge in [0.1, 0.15) is 7.05 Å². The maximum absolute atomic E-state index is 11.1. The molecule has 0 atom stereocenters. The van der Waals surface area contributed by atoms with Crippen LogP contribution in [0.4, 0.5) is 0 Å². The Kier molecular flexibility index (Phi) is 2.15. The second-order valence-electron chi connectivity index (χ2n) is 4.16. The lowest BCUT2D eigenvalue weighted by Gasteiger charge is -2.03. The van der Waals surface area contributed by atoms with Crippen molar-refractivity contribution in [3.05, 3.63) is 54.1 Å². The summed E-state index contributed by atoms with van der Waals surface area (Å²) in [5, 5.41) is 2.15. The molecule has 2 nitrogen and oxygen atoms in total. The van der Waals surface area contributed by atoms with Gasteiger partial charge in [0, 0.05) is 23.1 Å². The van der Waals surface area contributed by atoms with Crippen LogP contribution in [-0.4, -0.2) is 6.29 Å². The van der Waals surface area contributed by atoms with Crippen molar-refractivity contribution in [3.63, 3.8) is 0 Å². The maximum Gasteiger partial charge on any atom is 0.213 e. The predicted molar refractivity (Wildman–Crippen MR) is 68.0 cm³/mol. The van der Waals surface area contributed by atoms with E-state index >= 15 is 0 Å². The molecule has 1 aromatic heterocycles. The molecule has 0 radical (unpaired) electrons. The van der Waals surface area contributed by atoms with E-state index in [0.29, 0.717) is 0 Å². The largest absolute Gasteiger partial charge is 0.298 e. The third kappa shape index (κ3) is 1.41. The number of pyridine rings is 1. The number of para-hydroxylation sites is 1. The number of carbonyl (C=O) groups is 1. The van der Waals surface area contributed by atoms with Gasteiger partial charge in [-0.3, -0.25) is 4.79 Å². The third-order valence-corrected chi connectivity index (χ3v) is 3.20. The Hall–Kier alpha value is -2.22. The molecule has 2 aromatic carbocycles. The van der Waals surface area contributed by atoms with Crippen molar-refractivity contribution >= 4 is 28.1 Å². The molecule has 82 valence electrons.